The highest BCUT2D eigenvalue weighted by Gasteiger charge is 2.28. The molecule has 1 saturated heterocycles. The van der Waals surface area contributed by atoms with Crippen molar-refractivity contribution >= 4 is 21.7 Å². The van der Waals surface area contributed by atoms with Crippen molar-refractivity contribution in [2.24, 2.45) is 5.92 Å². The molecule has 27 heavy (non-hydrogen) atoms. The van der Waals surface area contributed by atoms with Crippen molar-refractivity contribution in [1.82, 2.24) is 10.2 Å². The molecule has 7 nitrogen and oxygen atoms in total. The average molecular weight is 397 g/mol. The third kappa shape index (κ3) is 6.62. The maximum Gasteiger partial charge on any atom is 0.245 e. The second-order valence-electron chi connectivity index (χ2n) is 7.07. The number of nitrogens with one attached hydrogen (secondary N) is 1. The molecule has 0 radical (unpaired) electrons. The summed E-state index contributed by atoms with van der Waals surface area (Å²) in [5.74, 6) is -0.635. The van der Waals surface area contributed by atoms with Crippen molar-refractivity contribution in [3.05, 3.63) is 30.3 Å². The van der Waals surface area contributed by atoms with E-state index in [4.69, 9.17) is 4.74 Å². The fourth-order valence-corrected chi connectivity index (χ4v) is 4.20. The first kappa shape index (κ1) is 21.4. The molecule has 8 heteroatoms. The van der Waals surface area contributed by atoms with E-state index in [2.05, 4.69) is 5.32 Å². The van der Waals surface area contributed by atoms with Crippen LogP contribution in [0.4, 0.5) is 0 Å². The lowest BCUT2D eigenvalue weighted by Crippen LogP contribution is -2.52. The summed E-state index contributed by atoms with van der Waals surface area (Å²) >= 11 is 0. The first-order valence-corrected chi connectivity index (χ1v) is 10.9. The number of amides is 2. The molecule has 150 valence electrons. The van der Waals surface area contributed by atoms with Crippen LogP contribution in [0.3, 0.4) is 0 Å². The van der Waals surface area contributed by atoms with Crippen molar-refractivity contribution in [3.63, 3.8) is 0 Å². The molecule has 1 N–H and O–H groups in total. The van der Waals surface area contributed by atoms with Gasteiger partial charge in [-0.2, -0.15) is 0 Å². The number of ether oxygens (including phenoxy) is 1. The Kier molecular flexibility index (Phi) is 7.79. The Labute approximate surface area is 161 Å². The van der Waals surface area contributed by atoms with Gasteiger partial charge in [0.15, 0.2) is 9.84 Å². The van der Waals surface area contributed by atoms with Gasteiger partial charge < -0.3 is 15.0 Å². The van der Waals surface area contributed by atoms with Gasteiger partial charge >= 0.3 is 0 Å². The molecule has 0 saturated carbocycles. The number of carbonyl (C=O) groups is 2. The maximum atomic E-state index is 12.7. The molecule has 2 rings (SSSR count). The number of sulfone groups is 1. The van der Waals surface area contributed by atoms with Crippen LogP contribution in [-0.2, 0) is 24.2 Å². The van der Waals surface area contributed by atoms with Gasteiger partial charge in [0.25, 0.3) is 0 Å². The summed E-state index contributed by atoms with van der Waals surface area (Å²) in [7, 11) is -3.53. The zero-order valence-corrected chi connectivity index (χ0v) is 16.7. The second-order valence-corrected chi connectivity index (χ2v) is 9.18. The van der Waals surface area contributed by atoms with E-state index in [0.29, 0.717) is 32.7 Å². The van der Waals surface area contributed by atoms with Gasteiger partial charge in [-0.1, -0.05) is 32.0 Å². The van der Waals surface area contributed by atoms with Gasteiger partial charge in [0.1, 0.15) is 6.04 Å². The predicted molar refractivity (Wildman–Crippen MR) is 102 cm³/mol. The highest BCUT2D eigenvalue weighted by atomic mass is 32.2. The lowest BCUT2D eigenvalue weighted by Gasteiger charge is -2.31. The zero-order valence-electron chi connectivity index (χ0n) is 15.9. The van der Waals surface area contributed by atoms with Gasteiger partial charge in [-0.25, -0.2) is 8.42 Å². The quantitative estimate of drug-likeness (QED) is 0.714. The molecule has 1 unspecified atom stereocenters. The minimum Gasteiger partial charge on any atom is -0.378 e. The largest absolute Gasteiger partial charge is 0.378 e. The molecular formula is C19H28N2O5S. The number of hydrogen-bond donors (Lipinski definition) is 1. The smallest absolute Gasteiger partial charge is 0.245 e. The number of hydrogen-bond acceptors (Lipinski definition) is 5. The maximum absolute atomic E-state index is 12.7. The van der Waals surface area contributed by atoms with Gasteiger partial charge in [-0.15, -0.1) is 0 Å². The fourth-order valence-electron chi connectivity index (χ4n) is 2.94. The summed E-state index contributed by atoms with van der Waals surface area (Å²) in [5.41, 5.74) is 0. The lowest BCUT2D eigenvalue weighted by atomic mass is 10.0. The van der Waals surface area contributed by atoms with Crippen LogP contribution in [-0.4, -0.2) is 63.2 Å². The molecule has 0 aromatic heterocycles. The van der Waals surface area contributed by atoms with Crippen LogP contribution < -0.4 is 5.32 Å². The molecule has 0 spiro atoms. The number of rotatable bonds is 8. The third-order valence-corrected chi connectivity index (χ3v) is 6.10. The Bertz CT molecular complexity index is 728. The Hall–Kier alpha value is -1.93. The van der Waals surface area contributed by atoms with Crippen molar-refractivity contribution in [2.45, 2.75) is 37.6 Å². The molecule has 0 bridgehead atoms. The zero-order chi connectivity index (χ0) is 19.9. The average Bonchev–Trinajstić information content (AvgIpc) is 2.66. The lowest BCUT2D eigenvalue weighted by molar-refractivity contribution is -0.140. The van der Waals surface area contributed by atoms with E-state index >= 15 is 0 Å². The molecule has 2 amide bonds. The van der Waals surface area contributed by atoms with Crippen LogP contribution in [0.25, 0.3) is 0 Å². The van der Waals surface area contributed by atoms with Gasteiger partial charge in [0, 0.05) is 19.5 Å². The highest BCUT2D eigenvalue weighted by Crippen LogP contribution is 2.13. The summed E-state index contributed by atoms with van der Waals surface area (Å²) in [5, 5.41) is 2.73. The first-order valence-electron chi connectivity index (χ1n) is 9.23. The topological polar surface area (TPSA) is 92.8 Å². The molecule has 1 heterocycles. The molecule has 1 aliphatic rings. The predicted octanol–water partition coefficient (Wildman–Crippen LogP) is 1.24. The van der Waals surface area contributed by atoms with Crippen LogP contribution in [0, 0.1) is 5.92 Å². The van der Waals surface area contributed by atoms with Crippen molar-refractivity contribution in [3.8, 4) is 0 Å². The molecule has 0 aliphatic carbocycles. The summed E-state index contributed by atoms with van der Waals surface area (Å²) in [6, 6.07) is 7.40. The Morgan fingerprint density at radius 1 is 1.15 bits per heavy atom. The van der Waals surface area contributed by atoms with Crippen LogP contribution >= 0.6 is 0 Å². The van der Waals surface area contributed by atoms with E-state index in [0.717, 1.165) is 0 Å². The SMILES string of the molecule is CC(C)CC(NC(=O)CCS(=O)(=O)c1ccccc1)C(=O)N1CCOCC1. The monoisotopic (exact) mass is 396 g/mol. The minimum absolute atomic E-state index is 0.133. The van der Waals surface area contributed by atoms with Crippen LogP contribution in [0.15, 0.2) is 35.2 Å². The van der Waals surface area contributed by atoms with E-state index < -0.39 is 21.8 Å². The van der Waals surface area contributed by atoms with Crippen LogP contribution in [0.5, 0.6) is 0 Å². The van der Waals surface area contributed by atoms with Crippen molar-refractivity contribution < 1.29 is 22.7 Å². The minimum atomic E-state index is -3.53. The Morgan fingerprint density at radius 2 is 1.78 bits per heavy atom. The van der Waals surface area contributed by atoms with Gasteiger partial charge in [0.05, 0.1) is 23.9 Å². The summed E-state index contributed by atoms with van der Waals surface area (Å²) in [6.45, 7) is 5.95. The highest BCUT2D eigenvalue weighted by molar-refractivity contribution is 7.91. The molecular weight excluding hydrogens is 368 g/mol. The normalized spacial score (nSPS) is 16.2. The van der Waals surface area contributed by atoms with E-state index in [1.54, 1.807) is 23.1 Å². The molecule has 1 atom stereocenters. The number of carbonyl (C=O) groups excluding carboxylic acids is 2. The number of benzene rings is 1. The fraction of sp³-hybridized carbons (Fsp3) is 0.579. The van der Waals surface area contributed by atoms with E-state index in [1.807, 2.05) is 13.8 Å². The van der Waals surface area contributed by atoms with Crippen LogP contribution in [0.1, 0.15) is 26.7 Å². The summed E-state index contributed by atoms with van der Waals surface area (Å²) in [6.07, 6.45) is 0.329. The van der Waals surface area contributed by atoms with Gasteiger partial charge in [-0.05, 0) is 24.5 Å². The van der Waals surface area contributed by atoms with E-state index in [1.165, 1.54) is 12.1 Å². The van der Waals surface area contributed by atoms with Crippen molar-refractivity contribution in [1.29, 1.82) is 0 Å². The molecule has 1 aliphatic heterocycles. The van der Waals surface area contributed by atoms with Crippen LogP contribution in [0.2, 0.25) is 0 Å². The van der Waals surface area contributed by atoms with E-state index in [-0.39, 0.29) is 28.9 Å². The standard InChI is InChI=1S/C19H28N2O5S/c1-15(2)14-17(19(23)21-9-11-26-12-10-21)20-18(22)8-13-27(24,25)16-6-4-3-5-7-16/h3-7,15,17H,8-14H2,1-2H3,(H,20,22). The molecule has 1 aromatic rings. The molecule has 1 aromatic carbocycles. The Balaban J connectivity index is 1.95. The summed E-state index contributed by atoms with van der Waals surface area (Å²) < 4.78 is 29.9. The first-order chi connectivity index (χ1) is 12.8. The van der Waals surface area contributed by atoms with E-state index in [9.17, 15) is 18.0 Å². The number of nitrogens with zero attached hydrogens (tertiary/aromatic N) is 1. The second kappa shape index (κ2) is 9.85. The Morgan fingerprint density at radius 3 is 2.37 bits per heavy atom. The number of morpholine rings is 1. The van der Waals surface area contributed by atoms with Crippen molar-refractivity contribution in [2.75, 3.05) is 32.1 Å². The summed E-state index contributed by atoms with van der Waals surface area (Å²) in [4.78, 5) is 26.9. The molecule has 1 fully saturated rings. The van der Waals surface area contributed by atoms with Gasteiger partial charge in [0.2, 0.25) is 11.8 Å². The van der Waals surface area contributed by atoms with Gasteiger partial charge in [-0.3, -0.25) is 9.59 Å². The third-order valence-electron chi connectivity index (χ3n) is 4.36.